The molecule has 0 aliphatic rings. The van der Waals surface area contributed by atoms with Gasteiger partial charge in [0.05, 0.1) is 12.3 Å². The second-order valence-electron chi connectivity index (χ2n) is 5.66. The van der Waals surface area contributed by atoms with Crippen molar-refractivity contribution in [2.45, 2.75) is 13.5 Å². The zero-order valence-corrected chi connectivity index (χ0v) is 14.4. The molecule has 0 amide bonds. The summed E-state index contributed by atoms with van der Waals surface area (Å²) in [6.45, 7) is 1.07. The first kappa shape index (κ1) is 17.3. The van der Waals surface area contributed by atoms with Crippen molar-refractivity contribution < 1.29 is 24.1 Å². The monoisotopic (exact) mass is 351 g/mol. The van der Waals surface area contributed by atoms with Gasteiger partial charge in [0.15, 0.2) is 12.2 Å². The van der Waals surface area contributed by atoms with Crippen molar-refractivity contribution in [3.8, 4) is 17.3 Å². The molecular weight excluding hydrogens is 334 g/mol. The Balaban J connectivity index is 1.96. The summed E-state index contributed by atoms with van der Waals surface area (Å²) >= 11 is 0. The minimum atomic E-state index is -0.550. The summed E-state index contributed by atoms with van der Waals surface area (Å²) in [5, 5.41) is 16.7. The summed E-state index contributed by atoms with van der Waals surface area (Å²) < 4.78 is 7.35. The molecule has 132 valence electrons. The molecule has 0 N–H and O–H groups in total. The first-order chi connectivity index (χ1) is 12.5. The van der Waals surface area contributed by atoms with E-state index in [1.54, 1.807) is 48.5 Å². The fourth-order valence-corrected chi connectivity index (χ4v) is 2.59. The summed E-state index contributed by atoms with van der Waals surface area (Å²) in [7, 11) is 1.54. The predicted octanol–water partition coefficient (Wildman–Crippen LogP) is 1.33. The van der Waals surface area contributed by atoms with Crippen LogP contribution in [0.3, 0.4) is 0 Å². The van der Waals surface area contributed by atoms with Crippen LogP contribution in [0.5, 0.6) is 11.6 Å². The number of para-hydroxylation sites is 1. The van der Waals surface area contributed by atoms with Crippen molar-refractivity contribution in [3.05, 3.63) is 65.9 Å². The Morgan fingerprint density at radius 2 is 1.77 bits per heavy atom. The molecule has 0 spiro atoms. The van der Waals surface area contributed by atoms with E-state index >= 15 is 0 Å². The third-order valence-corrected chi connectivity index (χ3v) is 3.89. The van der Waals surface area contributed by atoms with Crippen molar-refractivity contribution in [3.63, 3.8) is 0 Å². The standard InChI is InChI=1S/C19H17N3O4/c1-13(23)18-19(25)22(15-6-4-3-5-7-15)20-21(18)12-17(24)14-8-10-16(26-2)11-9-14/h3-11H,12H2,1-2H3. The van der Waals surface area contributed by atoms with Crippen molar-refractivity contribution in [2.24, 2.45) is 0 Å². The van der Waals surface area contributed by atoms with Gasteiger partial charge >= 0.3 is 0 Å². The maximum Gasteiger partial charge on any atom is 0.227 e. The first-order valence-electron chi connectivity index (χ1n) is 7.95. The highest BCUT2D eigenvalue weighted by molar-refractivity contribution is 5.96. The number of benzene rings is 2. The Morgan fingerprint density at radius 1 is 1.12 bits per heavy atom. The van der Waals surface area contributed by atoms with Crippen LogP contribution in [0.4, 0.5) is 0 Å². The lowest BCUT2D eigenvalue weighted by atomic mass is 10.1. The van der Waals surface area contributed by atoms with Gasteiger partial charge in [-0.3, -0.25) is 9.59 Å². The molecule has 3 rings (SSSR count). The molecule has 0 unspecified atom stereocenters. The van der Waals surface area contributed by atoms with E-state index in [2.05, 4.69) is 5.21 Å². The summed E-state index contributed by atoms with van der Waals surface area (Å²) in [5.41, 5.74) is 0.834. The Hall–Kier alpha value is -3.48. The van der Waals surface area contributed by atoms with Gasteiger partial charge in [0.1, 0.15) is 11.6 Å². The highest BCUT2D eigenvalue weighted by Gasteiger charge is 2.26. The third-order valence-electron chi connectivity index (χ3n) is 3.89. The summed E-state index contributed by atoms with van der Waals surface area (Å²) in [6.07, 6.45) is 0. The van der Waals surface area contributed by atoms with Crippen molar-refractivity contribution in [1.29, 1.82) is 0 Å². The van der Waals surface area contributed by atoms with Crippen LogP contribution in [0, 0.1) is 0 Å². The number of nitrogens with zero attached hydrogens (tertiary/aromatic N) is 3. The van der Waals surface area contributed by atoms with Crippen LogP contribution in [-0.2, 0) is 6.54 Å². The second kappa shape index (κ2) is 7.18. The average molecular weight is 351 g/mol. The van der Waals surface area contributed by atoms with Gasteiger partial charge in [-0.1, -0.05) is 18.2 Å². The van der Waals surface area contributed by atoms with E-state index in [-0.39, 0.29) is 18.0 Å². The zero-order chi connectivity index (χ0) is 18.7. The highest BCUT2D eigenvalue weighted by atomic mass is 16.5. The molecule has 0 bridgehead atoms. The van der Waals surface area contributed by atoms with Crippen LogP contribution in [0.2, 0.25) is 0 Å². The number of aromatic nitrogens is 3. The molecule has 7 heteroatoms. The largest absolute Gasteiger partial charge is 0.837 e. The van der Waals surface area contributed by atoms with Crippen molar-refractivity contribution in [1.82, 2.24) is 9.90 Å². The molecule has 0 saturated heterocycles. The normalized spacial score (nSPS) is 10.5. The van der Waals surface area contributed by atoms with Crippen LogP contribution in [0.15, 0.2) is 54.6 Å². The van der Waals surface area contributed by atoms with E-state index < -0.39 is 11.7 Å². The SMILES string of the molecule is COc1ccc(C(=O)C[n+]2nn(-c3ccccc3)c([O-])c2C(C)=O)cc1. The van der Waals surface area contributed by atoms with E-state index in [9.17, 15) is 14.7 Å². The molecule has 7 nitrogen and oxygen atoms in total. The molecule has 0 radical (unpaired) electrons. The summed E-state index contributed by atoms with van der Waals surface area (Å²) in [6, 6.07) is 15.3. The van der Waals surface area contributed by atoms with E-state index in [4.69, 9.17) is 4.74 Å². The van der Waals surface area contributed by atoms with Gasteiger partial charge < -0.3 is 9.84 Å². The van der Waals surface area contributed by atoms with E-state index in [1.165, 1.54) is 14.0 Å². The zero-order valence-electron chi connectivity index (χ0n) is 14.4. The van der Waals surface area contributed by atoms with Crippen molar-refractivity contribution in [2.75, 3.05) is 7.11 Å². The topological polar surface area (TPSA) is 88.1 Å². The molecule has 1 heterocycles. The van der Waals surface area contributed by atoms with E-state index in [0.29, 0.717) is 17.0 Å². The summed E-state index contributed by atoms with van der Waals surface area (Å²) in [4.78, 5) is 24.5. The van der Waals surface area contributed by atoms with Crippen LogP contribution in [0.25, 0.3) is 5.69 Å². The van der Waals surface area contributed by atoms with Gasteiger partial charge in [-0.05, 0) is 36.4 Å². The maximum absolute atomic E-state index is 12.6. The number of hydrogen-bond acceptors (Lipinski definition) is 5. The molecule has 3 aromatic rings. The highest BCUT2D eigenvalue weighted by Crippen LogP contribution is 2.16. The quantitative estimate of drug-likeness (QED) is 0.494. The molecular formula is C19H17N3O4. The summed E-state index contributed by atoms with van der Waals surface area (Å²) in [5.74, 6) is -0.627. The lowest BCUT2D eigenvalue weighted by molar-refractivity contribution is -0.744. The minimum absolute atomic E-state index is 0.129. The number of ketones is 2. The molecule has 0 fully saturated rings. The lowest BCUT2D eigenvalue weighted by Gasteiger charge is -2.02. The Kier molecular flexibility index (Phi) is 4.79. The number of methoxy groups -OCH3 is 1. The smallest absolute Gasteiger partial charge is 0.227 e. The Labute approximate surface area is 150 Å². The molecule has 26 heavy (non-hydrogen) atoms. The first-order valence-corrected chi connectivity index (χ1v) is 7.95. The van der Waals surface area contributed by atoms with Crippen LogP contribution >= 0.6 is 0 Å². The lowest BCUT2D eigenvalue weighted by Crippen LogP contribution is -2.45. The van der Waals surface area contributed by atoms with E-state index in [1.807, 2.05) is 6.07 Å². The molecule has 0 saturated carbocycles. The number of Topliss-reactive ketones (excluding diaryl/α,β-unsaturated/α-hetero) is 2. The molecule has 0 aliphatic carbocycles. The van der Waals surface area contributed by atoms with Gasteiger partial charge in [0.25, 0.3) is 0 Å². The number of carbonyl (C=O) groups is 2. The third kappa shape index (κ3) is 3.32. The fourth-order valence-electron chi connectivity index (χ4n) is 2.59. The maximum atomic E-state index is 12.6. The second-order valence-corrected chi connectivity index (χ2v) is 5.66. The molecule has 1 aromatic heterocycles. The van der Waals surface area contributed by atoms with E-state index in [0.717, 1.165) is 9.36 Å². The van der Waals surface area contributed by atoms with Crippen LogP contribution < -0.4 is 14.5 Å². The number of ether oxygens (including phenoxy) is 1. The minimum Gasteiger partial charge on any atom is -0.837 e. The molecule has 0 atom stereocenters. The van der Waals surface area contributed by atoms with Gasteiger partial charge in [-0.15, -0.1) is 9.36 Å². The van der Waals surface area contributed by atoms with Gasteiger partial charge in [0.2, 0.25) is 17.3 Å². The van der Waals surface area contributed by atoms with Gasteiger partial charge in [-0.2, -0.15) is 0 Å². The van der Waals surface area contributed by atoms with Gasteiger partial charge in [0, 0.05) is 12.5 Å². The average Bonchev–Trinajstić information content (AvgIpc) is 2.98. The molecule has 2 aromatic carbocycles. The van der Waals surface area contributed by atoms with Crippen molar-refractivity contribution >= 4 is 11.6 Å². The fraction of sp³-hybridized carbons (Fsp3) is 0.158. The molecule has 0 aliphatic heterocycles. The Bertz CT molecular complexity index is 947. The van der Waals surface area contributed by atoms with Crippen LogP contribution in [-0.4, -0.2) is 28.6 Å². The predicted molar refractivity (Wildman–Crippen MR) is 90.5 cm³/mol. The number of rotatable bonds is 6. The van der Waals surface area contributed by atoms with Crippen LogP contribution in [0.1, 0.15) is 27.8 Å². The Morgan fingerprint density at radius 3 is 2.35 bits per heavy atom. The number of carbonyl (C=O) groups excluding carboxylic acids is 2. The number of hydrogen-bond donors (Lipinski definition) is 0. The van der Waals surface area contributed by atoms with Gasteiger partial charge in [-0.25, -0.2) is 0 Å².